The zero-order valence-electron chi connectivity index (χ0n) is 24.9. The van der Waals surface area contributed by atoms with E-state index >= 15 is 0 Å². The van der Waals surface area contributed by atoms with Crippen LogP contribution in [0.2, 0.25) is 0 Å². The molecular formula is C33H44O7. The fourth-order valence-corrected chi connectivity index (χ4v) is 7.67. The van der Waals surface area contributed by atoms with Gasteiger partial charge in [0.1, 0.15) is 17.5 Å². The van der Waals surface area contributed by atoms with Gasteiger partial charge in [0.2, 0.25) is 0 Å². The predicted molar refractivity (Wildman–Crippen MR) is 150 cm³/mol. The van der Waals surface area contributed by atoms with Gasteiger partial charge in [0.05, 0.1) is 11.5 Å². The third kappa shape index (κ3) is 4.78. The van der Waals surface area contributed by atoms with E-state index in [1.165, 1.54) is 0 Å². The van der Waals surface area contributed by atoms with E-state index in [-0.39, 0.29) is 29.1 Å². The smallest absolute Gasteiger partial charge is 0.190 e. The molecule has 1 aromatic carbocycles. The molecule has 6 atom stereocenters. The van der Waals surface area contributed by atoms with Crippen LogP contribution in [0.15, 0.2) is 6.07 Å². The second-order valence-corrected chi connectivity index (χ2v) is 13.9. The molecule has 0 aromatic heterocycles. The van der Waals surface area contributed by atoms with Crippen LogP contribution in [0.3, 0.4) is 0 Å². The highest BCUT2D eigenvalue weighted by Gasteiger charge is 2.68. The van der Waals surface area contributed by atoms with Crippen molar-refractivity contribution < 1.29 is 34.2 Å². The molecule has 2 saturated carbocycles. The Kier molecular flexibility index (Phi) is 8.05. The van der Waals surface area contributed by atoms with Gasteiger partial charge in [0.15, 0.2) is 28.7 Å². The number of hydrogen-bond acceptors (Lipinski definition) is 7. The average molecular weight is 553 g/mol. The fraction of sp³-hybridized carbons (Fsp3) is 0.667. The third-order valence-corrected chi connectivity index (χ3v) is 9.50. The standard InChI is InChI=1S/C33H44O7/c1-8-10-19-13-18(11-9-12-32(5,6)7)21-14-20-15-22-23(16(2)3)28(36)24(17(4)34)30(38)33(22,40)31(39)25(20)29(37)26(21)27(19)35/h13,16,20,22-25,35,40H,8-12,14-15H2,1-7H3/t20?,22?,23?,24?,25?,33-/m0/s1. The predicted octanol–water partition coefficient (Wildman–Crippen LogP) is 4.63. The van der Waals surface area contributed by atoms with Gasteiger partial charge >= 0.3 is 0 Å². The summed E-state index contributed by atoms with van der Waals surface area (Å²) >= 11 is 0. The molecule has 0 aliphatic heterocycles. The monoisotopic (exact) mass is 552 g/mol. The van der Waals surface area contributed by atoms with E-state index in [9.17, 15) is 34.2 Å². The van der Waals surface area contributed by atoms with E-state index in [0.29, 0.717) is 18.4 Å². The van der Waals surface area contributed by atoms with Gasteiger partial charge in [0.25, 0.3) is 0 Å². The zero-order chi connectivity index (χ0) is 29.9. The first-order valence-corrected chi connectivity index (χ1v) is 14.8. The summed E-state index contributed by atoms with van der Waals surface area (Å²) in [5, 5.41) is 23.1. The number of carbonyl (C=O) groups excluding carboxylic acids is 5. The van der Waals surface area contributed by atoms with Crippen LogP contribution in [0.25, 0.3) is 0 Å². The van der Waals surface area contributed by atoms with Crippen molar-refractivity contribution in [3.05, 3.63) is 28.3 Å². The number of phenolic OH excluding ortho intramolecular Hbond substituents is 1. The maximum atomic E-state index is 14.1. The molecule has 7 nitrogen and oxygen atoms in total. The molecular weight excluding hydrogens is 508 g/mol. The molecule has 0 radical (unpaired) electrons. The Labute approximate surface area is 237 Å². The molecule has 0 spiro atoms. The number of carbonyl (C=O) groups is 5. The topological polar surface area (TPSA) is 126 Å². The van der Waals surface area contributed by atoms with Crippen molar-refractivity contribution in [2.75, 3.05) is 0 Å². The minimum absolute atomic E-state index is 0.117. The molecule has 5 unspecified atom stereocenters. The first-order chi connectivity index (χ1) is 18.6. The Morgan fingerprint density at radius 3 is 2.27 bits per heavy atom. The van der Waals surface area contributed by atoms with Gasteiger partial charge in [0, 0.05) is 11.8 Å². The maximum Gasteiger partial charge on any atom is 0.190 e. The number of ketones is 5. The summed E-state index contributed by atoms with van der Waals surface area (Å²) in [5.41, 5.74) is 0.0966. The van der Waals surface area contributed by atoms with Crippen molar-refractivity contribution in [1.82, 2.24) is 0 Å². The number of benzene rings is 1. The summed E-state index contributed by atoms with van der Waals surface area (Å²) in [6, 6.07) is 2.00. The lowest BCUT2D eigenvalue weighted by Crippen LogP contribution is -2.70. The van der Waals surface area contributed by atoms with E-state index in [1.54, 1.807) is 13.8 Å². The molecule has 40 heavy (non-hydrogen) atoms. The highest BCUT2D eigenvalue weighted by Crippen LogP contribution is 2.53. The van der Waals surface area contributed by atoms with E-state index in [4.69, 9.17) is 0 Å². The maximum absolute atomic E-state index is 14.1. The van der Waals surface area contributed by atoms with Crippen LogP contribution >= 0.6 is 0 Å². The van der Waals surface area contributed by atoms with E-state index in [0.717, 1.165) is 43.7 Å². The Balaban J connectivity index is 1.83. The summed E-state index contributed by atoms with van der Waals surface area (Å²) in [4.78, 5) is 67.5. The molecule has 0 heterocycles. The first kappa shape index (κ1) is 30.3. The van der Waals surface area contributed by atoms with Crippen LogP contribution in [0, 0.1) is 40.9 Å². The minimum atomic E-state index is -2.58. The van der Waals surface area contributed by atoms with Gasteiger partial charge in [-0.25, -0.2) is 0 Å². The van der Waals surface area contributed by atoms with Crippen molar-refractivity contribution in [2.24, 2.45) is 40.9 Å². The van der Waals surface area contributed by atoms with Gasteiger partial charge in [-0.1, -0.05) is 54.0 Å². The number of aryl methyl sites for hydroxylation is 2. The lowest BCUT2D eigenvalue weighted by molar-refractivity contribution is -0.182. The molecule has 7 heteroatoms. The summed E-state index contributed by atoms with van der Waals surface area (Å²) in [6.07, 6.45) is 4.44. The number of aliphatic hydroxyl groups is 1. The van der Waals surface area contributed by atoms with Crippen molar-refractivity contribution in [2.45, 2.75) is 99.0 Å². The SMILES string of the molecule is CCCc1cc(CCCC(C)(C)C)c2c(c1O)C(=O)C1C(=O)[C@@]3(O)C(=O)C(C(C)=O)C(=O)C(C(C)C)C3CC1C2. The number of phenols is 1. The second kappa shape index (κ2) is 10.6. The lowest BCUT2D eigenvalue weighted by Gasteiger charge is -2.52. The van der Waals surface area contributed by atoms with Gasteiger partial charge < -0.3 is 10.2 Å². The summed E-state index contributed by atoms with van der Waals surface area (Å²) < 4.78 is 0. The third-order valence-electron chi connectivity index (χ3n) is 9.50. The average Bonchev–Trinajstić information content (AvgIpc) is 2.83. The van der Waals surface area contributed by atoms with Gasteiger partial charge in [-0.2, -0.15) is 0 Å². The fourth-order valence-electron chi connectivity index (χ4n) is 7.67. The highest BCUT2D eigenvalue weighted by molar-refractivity contribution is 6.32. The van der Waals surface area contributed by atoms with Gasteiger partial charge in [-0.3, -0.25) is 24.0 Å². The Bertz CT molecular complexity index is 1270. The van der Waals surface area contributed by atoms with Gasteiger partial charge in [-0.05, 0) is 79.4 Å². The van der Waals surface area contributed by atoms with Crippen LogP contribution in [-0.4, -0.2) is 44.7 Å². The molecule has 0 amide bonds. The van der Waals surface area contributed by atoms with Crippen LogP contribution in [0.1, 0.15) is 101 Å². The van der Waals surface area contributed by atoms with Crippen molar-refractivity contribution in [3.8, 4) is 5.75 Å². The molecule has 0 bridgehead atoms. The molecule has 4 rings (SSSR count). The molecule has 0 saturated heterocycles. The first-order valence-electron chi connectivity index (χ1n) is 14.8. The lowest BCUT2D eigenvalue weighted by atomic mass is 9.49. The van der Waals surface area contributed by atoms with E-state index in [2.05, 4.69) is 20.8 Å². The number of aromatic hydroxyl groups is 1. The summed E-state index contributed by atoms with van der Waals surface area (Å²) in [6.45, 7) is 13.2. The summed E-state index contributed by atoms with van der Waals surface area (Å²) in [5.74, 6) is -9.65. The molecule has 3 aliphatic carbocycles. The van der Waals surface area contributed by atoms with Crippen molar-refractivity contribution in [3.63, 3.8) is 0 Å². The Hall–Kier alpha value is -2.67. The zero-order valence-corrected chi connectivity index (χ0v) is 24.9. The molecule has 2 fully saturated rings. The van der Waals surface area contributed by atoms with E-state index in [1.807, 2.05) is 13.0 Å². The molecule has 3 aliphatic rings. The Morgan fingerprint density at radius 1 is 1.07 bits per heavy atom. The number of Topliss-reactive ketones (excluding diaryl/α,β-unsaturated/α-hetero) is 5. The van der Waals surface area contributed by atoms with Crippen LogP contribution in [-0.2, 0) is 38.4 Å². The van der Waals surface area contributed by atoms with E-state index < -0.39 is 64.1 Å². The number of hydrogen-bond donors (Lipinski definition) is 2. The van der Waals surface area contributed by atoms with Crippen molar-refractivity contribution in [1.29, 1.82) is 0 Å². The van der Waals surface area contributed by atoms with Crippen LogP contribution < -0.4 is 0 Å². The van der Waals surface area contributed by atoms with Crippen LogP contribution in [0.4, 0.5) is 0 Å². The molecule has 218 valence electrons. The minimum Gasteiger partial charge on any atom is -0.507 e. The van der Waals surface area contributed by atoms with Gasteiger partial charge in [-0.15, -0.1) is 0 Å². The number of fused-ring (bicyclic) bond motifs is 3. The normalized spacial score (nSPS) is 30.3. The summed E-state index contributed by atoms with van der Waals surface area (Å²) in [7, 11) is 0. The van der Waals surface area contributed by atoms with Crippen molar-refractivity contribution >= 4 is 28.9 Å². The van der Waals surface area contributed by atoms with Crippen LogP contribution in [0.5, 0.6) is 5.75 Å². The largest absolute Gasteiger partial charge is 0.507 e. The molecule has 2 N–H and O–H groups in total. The second-order valence-electron chi connectivity index (χ2n) is 13.9. The highest BCUT2D eigenvalue weighted by atomic mass is 16.3. The molecule has 1 aromatic rings. The number of rotatable bonds is 7. The quantitative estimate of drug-likeness (QED) is 0.472. The Morgan fingerprint density at radius 2 is 1.73 bits per heavy atom.